The molecule has 1 atom stereocenters. The number of ketones is 1. The van der Waals surface area contributed by atoms with E-state index in [1.807, 2.05) is 0 Å². The fourth-order valence-electron chi connectivity index (χ4n) is 2.91. The van der Waals surface area contributed by atoms with E-state index in [0.717, 1.165) is 0 Å². The number of benzene rings is 1. The summed E-state index contributed by atoms with van der Waals surface area (Å²) < 4.78 is 1.32. The van der Waals surface area contributed by atoms with Crippen LogP contribution in [0, 0.1) is 0 Å². The minimum atomic E-state index is -0.800. The molecule has 0 radical (unpaired) electrons. The van der Waals surface area contributed by atoms with Gasteiger partial charge in [-0.2, -0.15) is 0 Å². The smallest absolute Gasteiger partial charge is 0.265 e. The number of pyridine rings is 1. The molecule has 7 heteroatoms. The second-order valence-corrected chi connectivity index (χ2v) is 6.61. The van der Waals surface area contributed by atoms with E-state index in [4.69, 9.17) is 5.11 Å². The van der Waals surface area contributed by atoms with Gasteiger partial charge in [-0.3, -0.25) is 9.59 Å². The third-order valence-corrected chi connectivity index (χ3v) is 4.38. The third kappa shape index (κ3) is 3.79. The first-order chi connectivity index (χ1) is 12.2. The van der Waals surface area contributed by atoms with Crippen LogP contribution in [0.1, 0.15) is 30.6 Å². The highest BCUT2D eigenvalue weighted by Gasteiger charge is 2.24. The highest BCUT2D eigenvalue weighted by Crippen LogP contribution is 2.26. The van der Waals surface area contributed by atoms with E-state index in [1.165, 1.54) is 10.6 Å². The number of fused-ring (bicyclic) bond motifs is 1. The van der Waals surface area contributed by atoms with Crippen LogP contribution in [-0.4, -0.2) is 44.4 Å². The summed E-state index contributed by atoms with van der Waals surface area (Å²) in [4.78, 5) is 25.2. The van der Waals surface area contributed by atoms with Crippen molar-refractivity contribution in [3.05, 3.63) is 52.0 Å². The molecule has 0 bridgehead atoms. The Bertz CT molecular complexity index is 916. The van der Waals surface area contributed by atoms with Gasteiger partial charge in [0, 0.05) is 30.8 Å². The molecule has 7 nitrogen and oxygen atoms in total. The average molecular weight is 360 g/mol. The molecule has 2 rings (SSSR count). The van der Waals surface area contributed by atoms with Crippen LogP contribution in [-0.2, 0) is 7.05 Å². The molecule has 1 heterocycles. The van der Waals surface area contributed by atoms with Gasteiger partial charge in [0.25, 0.3) is 5.56 Å². The van der Waals surface area contributed by atoms with Crippen LogP contribution in [0.2, 0.25) is 0 Å². The molecule has 0 fully saturated rings. The SMILES string of the molecule is CC(=CC(=O)c1c(O)c2ccccc2n(C)c1=O)NC(C)(CO)CCO. The summed E-state index contributed by atoms with van der Waals surface area (Å²) >= 11 is 0. The highest BCUT2D eigenvalue weighted by atomic mass is 16.3. The normalized spacial score (nSPS) is 14.3. The lowest BCUT2D eigenvalue weighted by Crippen LogP contribution is -2.45. The van der Waals surface area contributed by atoms with Gasteiger partial charge in [-0.15, -0.1) is 0 Å². The number of aliphatic hydroxyl groups is 2. The van der Waals surface area contributed by atoms with Crippen molar-refractivity contribution in [3.63, 3.8) is 0 Å². The minimum absolute atomic E-state index is 0.128. The summed E-state index contributed by atoms with van der Waals surface area (Å²) in [6, 6.07) is 6.79. The van der Waals surface area contributed by atoms with E-state index in [1.54, 1.807) is 45.2 Å². The number of allylic oxidation sites excluding steroid dienone is 2. The summed E-state index contributed by atoms with van der Waals surface area (Å²) in [5.41, 5.74) is -0.752. The van der Waals surface area contributed by atoms with E-state index in [-0.39, 0.29) is 30.9 Å². The van der Waals surface area contributed by atoms with Crippen LogP contribution >= 0.6 is 0 Å². The molecule has 1 unspecified atom stereocenters. The largest absolute Gasteiger partial charge is 0.506 e. The molecular weight excluding hydrogens is 336 g/mol. The molecule has 0 saturated carbocycles. The van der Waals surface area contributed by atoms with Crippen molar-refractivity contribution in [3.8, 4) is 5.75 Å². The standard InChI is InChI=1S/C19H24N2O5/c1-12(20-19(2,11-23)8-9-22)10-15(24)16-17(25)13-6-4-5-7-14(13)21(3)18(16)26/h4-7,10,20,22-23,25H,8-9,11H2,1-3H3. The first-order valence-corrected chi connectivity index (χ1v) is 8.27. The van der Waals surface area contributed by atoms with Crippen LogP contribution in [0.3, 0.4) is 0 Å². The van der Waals surface area contributed by atoms with Crippen molar-refractivity contribution in [1.29, 1.82) is 0 Å². The third-order valence-electron chi connectivity index (χ3n) is 4.38. The lowest BCUT2D eigenvalue weighted by Gasteiger charge is -2.29. The van der Waals surface area contributed by atoms with Gasteiger partial charge in [0.1, 0.15) is 11.3 Å². The lowest BCUT2D eigenvalue weighted by molar-refractivity contribution is 0.104. The first-order valence-electron chi connectivity index (χ1n) is 8.27. The van der Waals surface area contributed by atoms with Crippen molar-refractivity contribution in [2.45, 2.75) is 25.8 Å². The molecule has 140 valence electrons. The Kier molecular flexibility index (Phi) is 5.84. The molecule has 1 aromatic heterocycles. The van der Waals surface area contributed by atoms with Gasteiger partial charge in [-0.1, -0.05) is 12.1 Å². The van der Waals surface area contributed by atoms with Crippen molar-refractivity contribution >= 4 is 16.7 Å². The van der Waals surface area contributed by atoms with E-state index in [0.29, 0.717) is 16.6 Å². The molecule has 0 aliphatic carbocycles. The lowest BCUT2D eigenvalue weighted by atomic mass is 9.98. The van der Waals surface area contributed by atoms with Crippen molar-refractivity contribution in [1.82, 2.24) is 9.88 Å². The number of nitrogens with zero attached hydrogens (tertiary/aromatic N) is 1. The first kappa shape index (κ1) is 19.7. The van der Waals surface area contributed by atoms with Crippen LogP contribution in [0.4, 0.5) is 0 Å². The number of nitrogens with one attached hydrogen (secondary N) is 1. The molecule has 1 aromatic carbocycles. The Morgan fingerprint density at radius 2 is 1.96 bits per heavy atom. The minimum Gasteiger partial charge on any atom is -0.506 e. The van der Waals surface area contributed by atoms with Crippen molar-refractivity contribution < 1.29 is 20.1 Å². The van der Waals surface area contributed by atoms with Crippen molar-refractivity contribution in [2.75, 3.05) is 13.2 Å². The average Bonchev–Trinajstić information content (AvgIpc) is 2.60. The number of aromatic hydroxyl groups is 1. The number of aromatic nitrogens is 1. The van der Waals surface area contributed by atoms with Crippen LogP contribution in [0.25, 0.3) is 10.9 Å². The van der Waals surface area contributed by atoms with Gasteiger partial charge in [-0.25, -0.2) is 0 Å². The van der Waals surface area contributed by atoms with Gasteiger partial charge in [-0.05, 0) is 32.4 Å². The van der Waals surface area contributed by atoms with E-state index in [9.17, 15) is 19.8 Å². The fraction of sp³-hybridized carbons (Fsp3) is 0.368. The Morgan fingerprint density at radius 1 is 1.31 bits per heavy atom. The van der Waals surface area contributed by atoms with Gasteiger partial charge in [0.2, 0.25) is 0 Å². The summed E-state index contributed by atoms with van der Waals surface area (Å²) in [5.74, 6) is -0.985. The maximum absolute atomic E-state index is 12.6. The quantitative estimate of drug-likeness (QED) is 0.434. The number of aryl methyl sites for hydroxylation is 1. The Balaban J connectivity index is 2.46. The van der Waals surface area contributed by atoms with E-state index >= 15 is 0 Å². The summed E-state index contributed by atoms with van der Waals surface area (Å²) in [7, 11) is 1.54. The molecule has 0 spiro atoms. The number of rotatable bonds is 7. The monoisotopic (exact) mass is 360 g/mol. The number of carbonyl (C=O) groups excluding carboxylic acids is 1. The molecule has 0 aliphatic heterocycles. The Hall–Kier alpha value is -2.64. The Morgan fingerprint density at radius 3 is 2.58 bits per heavy atom. The molecule has 0 amide bonds. The summed E-state index contributed by atoms with van der Waals surface area (Å²) in [6.45, 7) is 2.95. The second-order valence-electron chi connectivity index (χ2n) is 6.61. The topological polar surface area (TPSA) is 112 Å². The number of carbonyl (C=O) groups is 1. The van der Waals surface area contributed by atoms with Crippen LogP contribution in [0.5, 0.6) is 5.75 Å². The number of hydrogen-bond acceptors (Lipinski definition) is 6. The maximum Gasteiger partial charge on any atom is 0.265 e. The maximum atomic E-state index is 12.6. The number of aliphatic hydroxyl groups excluding tert-OH is 2. The highest BCUT2D eigenvalue weighted by molar-refractivity contribution is 6.09. The molecule has 26 heavy (non-hydrogen) atoms. The molecule has 2 aromatic rings. The van der Waals surface area contributed by atoms with Gasteiger partial charge in [0.05, 0.1) is 17.7 Å². The molecule has 0 aliphatic rings. The second kappa shape index (κ2) is 7.72. The summed E-state index contributed by atoms with van der Waals surface area (Å²) in [5, 5.41) is 32.4. The zero-order chi connectivity index (χ0) is 19.5. The predicted octanol–water partition coefficient (Wildman–Crippen LogP) is 1.05. The number of para-hydroxylation sites is 1. The Labute approximate surface area is 151 Å². The number of hydrogen-bond donors (Lipinski definition) is 4. The zero-order valence-corrected chi connectivity index (χ0v) is 15.1. The fourth-order valence-corrected chi connectivity index (χ4v) is 2.91. The predicted molar refractivity (Wildman–Crippen MR) is 99.3 cm³/mol. The van der Waals surface area contributed by atoms with E-state index in [2.05, 4.69) is 5.32 Å². The molecular formula is C19H24N2O5. The van der Waals surface area contributed by atoms with Gasteiger partial charge in [0.15, 0.2) is 5.78 Å². The van der Waals surface area contributed by atoms with E-state index < -0.39 is 16.9 Å². The zero-order valence-electron chi connectivity index (χ0n) is 15.1. The van der Waals surface area contributed by atoms with Crippen molar-refractivity contribution in [2.24, 2.45) is 7.05 Å². The molecule has 4 N–H and O–H groups in total. The molecule has 0 saturated heterocycles. The van der Waals surface area contributed by atoms with Gasteiger partial charge < -0.3 is 25.2 Å². The summed E-state index contributed by atoms with van der Waals surface area (Å²) in [6.07, 6.45) is 1.49. The van der Waals surface area contributed by atoms with Gasteiger partial charge >= 0.3 is 0 Å². The van der Waals surface area contributed by atoms with Crippen LogP contribution < -0.4 is 10.9 Å². The van der Waals surface area contributed by atoms with Crippen LogP contribution in [0.15, 0.2) is 40.8 Å².